The lowest BCUT2D eigenvalue weighted by atomic mass is 9.95. The largest absolute Gasteiger partial charge is 0.368 e. The first-order valence-corrected chi connectivity index (χ1v) is 15.3. The molecule has 2 aromatic heterocycles. The molecule has 0 unspecified atom stereocenters. The van der Waals surface area contributed by atoms with Crippen molar-refractivity contribution in [3.8, 4) is 0 Å². The fourth-order valence-corrected chi connectivity index (χ4v) is 6.16. The van der Waals surface area contributed by atoms with Gasteiger partial charge in [-0.2, -0.15) is 0 Å². The topological polar surface area (TPSA) is 91.0 Å². The van der Waals surface area contributed by atoms with E-state index in [4.69, 9.17) is 4.98 Å². The molecule has 2 aromatic carbocycles. The van der Waals surface area contributed by atoms with Crippen molar-refractivity contribution in [3.63, 3.8) is 0 Å². The van der Waals surface area contributed by atoms with Gasteiger partial charge in [-0.05, 0) is 93.9 Å². The minimum Gasteiger partial charge on any atom is -0.368 e. The summed E-state index contributed by atoms with van der Waals surface area (Å²) in [5, 5.41) is 18.0. The van der Waals surface area contributed by atoms with Gasteiger partial charge in [0.05, 0.1) is 21.5 Å². The second-order valence-corrected chi connectivity index (χ2v) is 11.4. The zero-order valence-corrected chi connectivity index (χ0v) is 24.8. The molecule has 9 heteroatoms. The van der Waals surface area contributed by atoms with Crippen molar-refractivity contribution in [2.45, 2.75) is 26.3 Å². The molecule has 0 amide bonds. The number of aromatic nitrogens is 2. The SMILES string of the molecule is Cc1cn2c(c(NCCCN3CCN(CCCNCc4ccc([N+](=O)[O-])cc4)CC3)nc3ccccc32)c1[C]1[CH][CH][CH][CH]1. The van der Waals surface area contributed by atoms with Crippen LogP contribution in [-0.2, 0) is 6.54 Å². The van der Waals surface area contributed by atoms with Crippen LogP contribution in [0.1, 0.15) is 29.5 Å². The second-order valence-electron chi connectivity index (χ2n) is 11.4. The number of nitro groups is 1. The molecule has 0 bridgehead atoms. The Morgan fingerprint density at radius 1 is 0.907 bits per heavy atom. The first-order valence-electron chi connectivity index (χ1n) is 15.3. The number of aryl methyl sites for hydroxylation is 1. The summed E-state index contributed by atoms with van der Waals surface area (Å²) in [5.41, 5.74) is 6.99. The minimum atomic E-state index is -0.361. The standard InChI is InChI=1S/C34H40N7O2/c1-26-25-40-31-11-5-4-10-30(31)37-34(33(40)32(26)28-8-2-3-9-28)36-17-7-19-39-22-20-38(21-23-39)18-6-16-35-24-27-12-14-29(15-13-27)41(42)43/h2-5,8-15,25,35H,6-7,16-24H2,1H3,(H,36,37). The predicted molar refractivity (Wildman–Crippen MR) is 172 cm³/mol. The van der Waals surface area contributed by atoms with Crippen LogP contribution in [0.2, 0.25) is 0 Å². The van der Waals surface area contributed by atoms with Crippen LogP contribution in [0, 0.1) is 48.6 Å². The molecule has 0 spiro atoms. The lowest BCUT2D eigenvalue weighted by Crippen LogP contribution is -2.47. The third-order valence-corrected chi connectivity index (χ3v) is 8.46. The highest BCUT2D eigenvalue weighted by Crippen LogP contribution is 2.39. The van der Waals surface area contributed by atoms with Crippen molar-refractivity contribution in [2.24, 2.45) is 0 Å². The van der Waals surface area contributed by atoms with Gasteiger partial charge in [0.1, 0.15) is 0 Å². The molecule has 43 heavy (non-hydrogen) atoms. The summed E-state index contributed by atoms with van der Waals surface area (Å²) in [6, 6.07) is 15.1. The molecule has 1 aliphatic carbocycles. The quantitative estimate of drug-likeness (QED) is 0.130. The van der Waals surface area contributed by atoms with Crippen LogP contribution in [0.25, 0.3) is 16.6 Å². The molecule has 9 nitrogen and oxygen atoms in total. The Morgan fingerprint density at radius 2 is 1.58 bits per heavy atom. The molecule has 1 saturated heterocycles. The number of non-ortho nitro benzene ring substituents is 1. The summed E-state index contributed by atoms with van der Waals surface area (Å²) in [7, 11) is 0. The fraction of sp³-hybridized carbons (Fsp3) is 0.353. The Balaban J connectivity index is 0.940. The zero-order valence-electron chi connectivity index (χ0n) is 24.8. The Hall–Kier alpha value is -3.53. The molecule has 3 heterocycles. The summed E-state index contributed by atoms with van der Waals surface area (Å²) < 4.78 is 2.30. The number of benzene rings is 2. The molecule has 1 aliphatic heterocycles. The summed E-state index contributed by atoms with van der Waals surface area (Å²) >= 11 is 0. The van der Waals surface area contributed by atoms with Crippen LogP contribution in [0.4, 0.5) is 11.5 Å². The van der Waals surface area contributed by atoms with Gasteiger partial charge in [-0.15, -0.1) is 0 Å². The maximum Gasteiger partial charge on any atom is 0.269 e. The summed E-state index contributed by atoms with van der Waals surface area (Å²) in [6.45, 7) is 11.3. The van der Waals surface area contributed by atoms with Crippen LogP contribution in [-0.4, -0.2) is 76.5 Å². The molecule has 5 radical (unpaired) electrons. The van der Waals surface area contributed by atoms with E-state index < -0.39 is 0 Å². The number of nitrogens with zero attached hydrogens (tertiary/aromatic N) is 5. The number of hydrogen-bond donors (Lipinski definition) is 2. The van der Waals surface area contributed by atoms with E-state index in [2.05, 4.69) is 87.9 Å². The van der Waals surface area contributed by atoms with Gasteiger partial charge in [0.15, 0.2) is 5.82 Å². The molecule has 2 N–H and O–H groups in total. The number of piperazine rings is 1. The normalized spacial score (nSPS) is 16.9. The second kappa shape index (κ2) is 13.8. The van der Waals surface area contributed by atoms with Gasteiger partial charge in [-0.1, -0.05) is 24.3 Å². The molecule has 2 aliphatic rings. The van der Waals surface area contributed by atoms with Gasteiger partial charge < -0.3 is 24.8 Å². The van der Waals surface area contributed by atoms with E-state index in [0.29, 0.717) is 0 Å². The van der Waals surface area contributed by atoms with Crippen molar-refractivity contribution in [1.29, 1.82) is 0 Å². The van der Waals surface area contributed by atoms with Crippen LogP contribution in [0.5, 0.6) is 0 Å². The smallest absolute Gasteiger partial charge is 0.269 e. The maximum absolute atomic E-state index is 10.8. The molecule has 1 saturated carbocycles. The van der Waals surface area contributed by atoms with Crippen LogP contribution in [0.15, 0.2) is 54.7 Å². The Morgan fingerprint density at radius 3 is 2.28 bits per heavy atom. The molecular formula is C34H40N7O2. The van der Waals surface area contributed by atoms with E-state index in [9.17, 15) is 10.1 Å². The molecular weight excluding hydrogens is 538 g/mol. The number of rotatable bonds is 13. The molecule has 223 valence electrons. The van der Waals surface area contributed by atoms with E-state index in [1.807, 2.05) is 12.1 Å². The van der Waals surface area contributed by atoms with Crippen molar-refractivity contribution in [3.05, 3.63) is 113 Å². The molecule has 2 fully saturated rings. The Bertz CT molecular complexity index is 1520. The third-order valence-electron chi connectivity index (χ3n) is 8.46. The average Bonchev–Trinajstić information content (AvgIpc) is 3.68. The summed E-state index contributed by atoms with van der Waals surface area (Å²) in [6.07, 6.45) is 13.0. The molecule has 4 aromatic rings. The summed E-state index contributed by atoms with van der Waals surface area (Å²) in [4.78, 5) is 20.6. The monoisotopic (exact) mass is 578 g/mol. The van der Waals surface area contributed by atoms with Gasteiger partial charge in [0.25, 0.3) is 5.69 Å². The van der Waals surface area contributed by atoms with Crippen molar-refractivity contribution in [1.82, 2.24) is 24.5 Å². The van der Waals surface area contributed by atoms with Crippen molar-refractivity contribution < 1.29 is 4.92 Å². The minimum absolute atomic E-state index is 0.137. The predicted octanol–water partition coefficient (Wildman–Crippen LogP) is 5.06. The first kappa shape index (κ1) is 29.5. The van der Waals surface area contributed by atoms with Gasteiger partial charge in [0, 0.05) is 63.5 Å². The zero-order chi connectivity index (χ0) is 29.6. The highest BCUT2D eigenvalue weighted by atomic mass is 16.6. The number of nitrogens with one attached hydrogen (secondary N) is 2. The number of nitro benzene ring substituents is 1. The van der Waals surface area contributed by atoms with Gasteiger partial charge in [0.2, 0.25) is 0 Å². The summed E-state index contributed by atoms with van der Waals surface area (Å²) in [5.74, 6) is 2.19. The van der Waals surface area contributed by atoms with E-state index >= 15 is 0 Å². The lowest BCUT2D eigenvalue weighted by molar-refractivity contribution is -0.384. The number of hydrogen-bond acceptors (Lipinski definition) is 7. The van der Waals surface area contributed by atoms with Gasteiger partial charge in [-0.3, -0.25) is 10.1 Å². The fourth-order valence-electron chi connectivity index (χ4n) is 6.16. The number of fused-ring (bicyclic) bond motifs is 3. The van der Waals surface area contributed by atoms with Crippen molar-refractivity contribution >= 4 is 28.1 Å². The third kappa shape index (κ3) is 7.00. The highest BCUT2D eigenvalue weighted by molar-refractivity contribution is 5.89. The average molecular weight is 579 g/mol. The van der Waals surface area contributed by atoms with E-state index in [1.54, 1.807) is 12.1 Å². The number of anilines is 1. The van der Waals surface area contributed by atoms with E-state index in [-0.39, 0.29) is 10.6 Å². The van der Waals surface area contributed by atoms with E-state index in [0.717, 1.165) is 99.7 Å². The van der Waals surface area contributed by atoms with Gasteiger partial charge >= 0.3 is 0 Å². The molecule has 6 rings (SSSR count). The molecule has 0 atom stereocenters. The lowest BCUT2D eigenvalue weighted by Gasteiger charge is -2.34. The number of para-hydroxylation sites is 2. The van der Waals surface area contributed by atoms with Crippen LogP contribution >= 0.6 is 0 Å². The first-order chi connectivity index (χ1) is 21.1. The highest BCUT2D eigenvalue weighted by Gasteiger charge is 2.26. The van der Waals surface area contributed by atoms with Crippen LogP contribution < -0.4 is 10.6 Å². The van der Waals surface area contributed by atoms with Gasteiger partial charge in [-0.25, -0.2) is 4.98 Å². The maximum atomic E-state index is 10.8. The van der Waals surface area contributed by atoms with Crippen molar-refractivity contribution in [2.75, 3.05) is 57.7 Å². The van der Waals surface area contributed by atoms with E-state index in [1.165, 1.54) is 17.0 Å². The van der Waals surface area contributed by atoms with Crippen LogP contribution in [0.3, 0.4) is 0 Å². The Kier molecular flexibility index (Phi) is 9.51. The Labute approximate surface area is 254 Å².